The first-order chi connectivity index (χ1) is 11.0. The third-order valence-corrected chi connectivity index (χ3v) is 3.66. The second-order valence-electron chi connectivity index (χ2n) is 5.17. The first-order valence-electron chi connectivity index (χ1n) is 7.02. The van der Waals surface area contributed by atoms with E-state index < -0.39 is 17.6 Å². The van der Waals surface area contributed by atoms with Crippen LogP contribution in [0.2, 0.25) is 0 Å². The fourth-order valence-electron chi connectivity index (χ4n) is 2.59. The number of fused-ring (bicyclic) bond motifs is 1. The molecule has 0 saturated carbocycles. The number of hydrogen-bond acceptors (Lipinski definition) is 3. The molecule has 2 aromatic rings. The van der Waals surface area contributed by atoms with Crippen LogP contribution in [0.1, 0.15) is 39.3 Å². The summed E-state index contributed by atoms with van der Waals surface area (Å²) in [6.45, 7) is 0. The van der Waals surface area contributed by atoms with Gasteiger partial charge in [0, 0.05) is 16.8 Å². The van der Waals surface area contributed by atoms with Crippen molar-refractivity contribution in [1.82, 2.24) is 15.6 Å². The molecule has 0 radical (unpaired) electrons. The number of hydrazone groups is 1. The van der Waals surface area contributed by atoms with Crippen LogP contribution in [-0.4, -0.2) is 22.3 Å². The molecular formula is C15H13F3N4O. The lowest BCUT2D eigenvalue weighted by Crippen LogP contribution is -2.20. The Hall–Kier alpha value is -2.64. The number of hydrogen-bond donors (Lipinski definition) is 2. The molecule has 2 N–H and O–H groups in total. The van der Waals surface area contributed by atoms with Gasteiger partial charge >= 0.3 is 6.18 Å². The average Bonchev–Trinajstić information content (AvgIpc) is 3.09. The average molecular weight is 322 g/mol. The number of carbonyl (C=O) groups excluding carboxylic acids is 1. The number of amides is 1. The highest BCUT2D eigenvalue weighted by atomic mass is 19.4. The number of carbonyl (C=O) groups is 1. The van der Waals surface area contributed by atoms with Crippen LogP contribution in [0.15, 0.2) is 29.4 Å². The summed E-state index contributed by atoms with van der Waals surface area (Å²) in [7, 11) is 0. The van der Waals surface area contributed by atoms with Crippen LogP contribution < -0.4 is 5.43 Å². The molecule has 3 rings (SSSR count). The van der Waals surface area contributed by atoms with Gasteiger partial charge in [0.05, 0.1) is 11.8 Å². The van der Waals surface area contributed by atoms with Gasteiger partial charge in [-0.1, -0.05) is 18.2 Å². The highest BCUT2D eigenvalue weighted by Gasteiger charge is 2.32. The van der Waals surface area contributed by atoms with E-state index in [0.29, 0.717) is 0 Å². The third-order valence-electron chi connectivity index (χ3n) is 3.66. The summed E-state index contributed by atoms with van der Waals surface area (Å²) in [6.07, 6.45) is -0.942. The van der Waals surface area contributed by atoms with Crippen LogP contribution in [0.25, 0.3) is 0 Å². The molecule has 0 bridgehead atoms. The van der Waals surface area contributed by atoms with E-state index in [1.807, 2.05) is 0 Å². The van der Waals surface area contributed by atoms with Crippen molar-refractivity contribution in [2.45, 2.75) is 25.4 Å². The van der Waals surface area contributed by atoms with Crippen molar-refractivity contribution >= 4 is 12.1 Å². The molecule has 0 unspecified atom stereocenters. The molecule has 5 nitrogen and oxygen atoms in total. The number of alkyl halides is 3. The molecule has 0 spiro atoms. The van der Waals surface area contributed by atoms with E-state index in [1.54, 1.807) is 0 Å². The van der Waals surface area contributed by atoms with E-state index in [0.717, 1.165) is 42.8 Å². The van der Waals surface area contributed by atoms with Gasteiger partial charge in [0.1, 0.15) is 0 Å². The fraction of sp³-hybridized carbons (Fsp3) is 0.267. The summed E-state index contributed by atoms with van der Waals surface area (Å²) in [5.41, 5.74) is 3.33. The minimum atomic E-state index is -4.48. The third kappa shape index (κ3) is 3.10. The molecule has 1 heterocycles. The molecule has 0 saturated heterocycles. The Labute approximate surface area is 129 Å². The molecule has 1 aromatic heterocycles. The van der Waals surface area contributed by atoms with Gasteiger partial charge in [-0.25, -0.2) is 5.43 Å². The summed E-state index contributed by atoms with van der Waals surface area (Å²) in [5.74, 6) is -0.537. The van der Waals surface area contributed by atoms with Crippen molar-refractivity contribution < 1.29 is 18.0 Å². The van der Waals surface area contributed by atoms with E-state index in [-0.39, 0.29) is 11.3 Å². The molecule has 8 heteroatoms. The Morgan fingerprint density at radius 3 is 2.87 bits per heavy atom. The molecule has 1 aliphatic rings. The Balaban J connectivity index is 1.73. The first-order valence-corrected chi connectivity index (χ1v) is 7.02. The fourth-order valence-corrected chi connectivity index (χ4v) is 2.59. The van der Waals surface area contributed by atoms with Gasteiger partial charge in [-0.15, -0.1) is 0 Å². The number of aromatic nitrogens is 2. The standard InChI is InChI=1S/C15H13F3N4O/c16-15(17,18)11-6-2-1-4-9(11)8-19-22-14(23)13-10-5-3-7-12(10)20-21-13/h1-2,4,6,8H,3,5,7H2,(H,20,21)(H,22,23)/b19-8-. The largest absolute Gasteiger partial charge is 0.417 e. The highest BCUT2D eigenvalue weighted by Crippen LogP contribution is 2.31. The number of nitrogens with one attached hydrogen (secondary N) is 2. The van der Waals surface area contributed by atoms with Crippen molar-refractivity contribution in [2.24, 2.45) is 5.10 Å². The summed E-state index contributed by atoms with van der Waals surface area (Å²) in [5, 5.41) is 10.3. The molecule has 1 amide bonds. The van der Waals surface area contributed by atoms with Crippen molar-refractivity contribution in [1.29, 1.82) is 0 Å². The maximum Gasteiger partial charge on any atom is 0.417 e. The van der Waals surface area contributed by atoms with E-state index in [2.05, 4.69) is 20.7 Å². The SMILES string of the molecule is O=C(N/N=C\c1ccccc1C(F)(F)F)c1n[nH]c2c1CCC2. The number of halogens is 3. The van der Waals surface area contributed by atoms with Crippen LogP contribution >= 0.6 is 0 Å². The number of benzene rings is 1. The topological polar surface area (TPSA) is 70.1 Å². The van der Waals surface area contributed by atoms with E-state index >= 15 is 0 Å². The molecule has 120 valence electrons. The van der Waals surface area contributed by atoms with E-state index in [9.17, 15) is 18.0 Å². The summed E-state index contributed by atoms with van der Waals surface area (Å²) in [6, 6.07) is 5.01. The molecular weight excluding hydrogens is 309 g/mol. The van der Waals surface area contributed by atoms with Crippen LogP contribution in [0.3, 0.4) is 0 Å². The Morgan fingerprint density at radius 1 is 1.30 bits per heavy atom. The predicted octanol–water partition coefficient (Wildman–Crippen LogP) is 2.68. The zero-order valence-electron chi connectivity index (χ0n) is 11.9. The van der Waals surface area contributed by atoms with Crippen LogP contribution in [0.4, 0.5) is 13.2 Å². The predicted molar refractivity (Wildman–Crippen MR) is 77.1 cm³/mol. The van der Waals surface area contributed by atoms with Gasteiger partial charge in [-0.05, 0) is 25.3 Å². The van der Waals surface area contributed by atoms with Gasteiger partial charge in [0.15, 0.2) is 5.69 Å². The Kier molecular flexibility index (Phi) is 3.89. The minimum Gasteiger partial charge on any atom is -0.281 e. The van der Waals surface area contributed by atoms with Gasteiger partial charge in [0.25, 0.3) is 5.91 Å². The van der Waals surface area contributed by atoms with Crippen LogP contribution in [-0.2, 0) is 19.0 Å². The van der Waals surface area contributed by atoms with Crippen LogP contribution in [0.5, 0.6) is 0 Å². The van der Waals surface area contributed by atoms with Gasteiger partial charge in [-0.2, -0.15) is 23.4 Å². The molecule has 23 heavy (non-hydrogen) atoms. The number of rotatable bonds is 3. The molecule has 1 aliphatic carbocycles. The normalized spacial score (nSPS) is 14.2. The van der Waals surface area contributed by atoms with Crippen molar-refractivity contribution in [3.8, 4) is 0 Å². The van der Waals surface area contributed by atoms with E-state index in [1.165, 1.54) is 18.2 Å². The van der Waals surface area contributed by atoms with Gasteiger partial charge in [0.2, 0.25) is 0 Å². The van der Waals surface area contributed by atoms with Gasteiger partial charge < -0.3 is 0 Å². The minimum absolute atomic E-state index is 0.118. The number of nitrogens with zero attached hydrogens (tertiary/aromatic N) is 2. The molecule has 0 atom stereocenters. The summed E-state index contributed by atoms with van der Waals surface area (Å²) < 4.78 is 38.5. The van der Waals surface area contributed by atoms with Crippen molar-refractivity contribution in [3.05, 3.63) is 52.3 Å². The zero-order chi connectivity index (χ0) is 16.4. The maximum absolute atomic E-state index is 12.8. The molecule has 0 aliphatic heterocycles. The smallest absolute Gasteiger partial charge is 0.281 e. The van der Waals surface area contributed by atoms with E-state index in [4.69, 9.17) is 0 Å². The Bertz CT molecular complexity index is 764. The zero-order valence-corrected chi connectivity index (χ0v) is 11.9. The van der Waals surface area contributed by atoms with Crippen LogP contribution in [0, 0.1) is 0 Å². The maximum atomic E-state index is 12.8. The van der Waals surface area contributed by atoms with Crippen molar-refractivity contribution in [2.75, 3.05) is 0 Å². The second kappa shape index (κ2) is 5.86. The van der Waals surface area contributed by atoms with Crippen molar-refractivity contribution in [3.63, 3.8) is 0 Å². The van der Waals surface area contributed by atoms with Gasteiger partial charge in [-0.3, -0.25) is 9.89 Å². The summed E-state index contributed by atoms with van der Waals surface area (Å²) in [4.78, 5) is 12.0. The quantitative estimate of drug-likeness (QED) is 0.674. The molecule has 1 aromatic carbocycles. The lowest BCUT2D eigenvalue weighted by molar-refractivity contribution is -0.137. The number of aromatic amines is 1. The second-order valence-corrected chi connectivity index (χ2v) is 5.17. The lowest BCUT2D eigenvalue weighted by atomic mass is 10.1. The monoisotopic (exact) mass is 322 g/mol. The Morgan fingerprint density at radius 2 is 2.09 bits per heavy atom. The number of aryl methyl sites for hydroxylation is 1. The first kappa shape index (κ1) is 15.3. The lowest BCUT2D eigenvalue weighted by Gasteiger charge is -2.09. The number of H-pyrrole nitrogens is 1. The highest BCUT2D eigenvalue weighted by molar-refractivity contribution is 5.95. The molecule has 0 fully saturated rings. The summed E-state index contributed by atoms with van der Waals surface area (Å²) >= 11 is 0.